The lowest BCUT2D eigenvalue weighted by Gasteiger charge is -1.93. The zero-order chi connectivity index (χ0) is 10.8. The SMILES string of the molecule is COC(=O)c1cc(-c2ccnn2C)on1. The minimum Gasteiger partial charge on any atom is -0.464 e. The van der Waals surface area contributed by atoms with Crippen LogP contribution >= 0.6 is 0 Å². The summed E-state index contributed by atoms with van der Waals surface area (Å²) in [4.78, 5) is 11.1. The molecule has 0 unspecified atom stereocenters. The number of hydrogen-bond donors (Lipinski definition) is 0. The molecule has 78 valence electrons. The predicted molar refractivity (Wildman–Crippen MR) is 50.0 cm³/mol. The van der Waals surface area contributed by atoms with Crippen LogP contribution in [0.3, 0.4) is 0 Å². The summed E-state index contributed by atoms with van der Waals surface area (Å²) in [6.45, 7) is 0. The van der Waals surface area contributed by atoms with Gasteiger partial charge in [0.2, 0.25) is 0 Å². The van der Waals surface area contributed by atoms with E-state index in [0.29, 0.717) is 5.76 Å². The van der Waals surface area contributed by atoms with Gasteiger partial charge in [0.25, 0.3) is 0 Å². The summed E-state index contributed by atoms with van der Waals surface area (Å²) in [5.41, 5.74) is 0.895. The minimum absolute atomic E-state index is 0.147. The maximum Gasteiger partial charge on any atom is 0.360 e. The van der Waals surface area contributed by atoms with E-state index in [-0.39, 0.29) is 5.69 Å². The number of carbonyl (C=O) groups excluding carboxylic acids is 1. The van der Waals surface area contributed by atoms with Crippen LogP contribution in [0, 0.1) is 0 Å². The number of ether oxygens (including phenoxy) is 1. The van der Waals surface area contributed by atoms with Gasteiger partial charge >= 0.3 is 5.97 Å². The Morgan fingerprint density at radius 3 is 3.00 bits per heavy atom. The van der Waals surface area contributed by atoms with Gasteiger partial charge in [-0.2, -0.15) is 5.10 Å². The molecule has 0 radical (unpaired) electrons. The van der Waals surface area contributed by atoms with Crippen LogP contribution in [0.15, 0.2) is 22.9 Å². The molecule has 0 fully saturated rings. The number of hydrogen-bond acceptors (Lipinski definition) is 5. The fourth-order valence-electron chi connectivity index (χ4n) is 1.21. The summed E-state index contributed by atoms with van der Waals surface area (Å²) < 4.78 is 11.1. The second kappa shape index (κ2) is 3.56. The number of nitrogens with zero attached hydrogens (tertiary/aromatic N) is 3. The predicted octanol–water partition coefficient (Wildman–Crippen LogP) is 0.862. The second-order valence-corrected chi connectivity index (χ2v) is 2.91. The molecule has 15 heavy (non-hydrogen) atoms. The zero-order valence-corrected chi connectivity index (χ0v) is 8.30. The Balaban J connectivity index is 2.36. The lowest BCUT2D eigenvalue weighted by atomic mass is 10.3. The van der Waals surface area contributed by atoms with E-state index in [1.54, 1.807) is 24.0 Å². The highest BCUT2D eigenvalue weighted by Gasteiger charge is 2.15. The van der Waals surface area contributed by atoms with Crippen molar-refractivity contribution in [2.45, 2.75) is 0 Å². The summed E-state index contributed by atoms with van der Waals surface area (Å²) >= 11 is 0. The molecule has 0 aliphatic rings. The number of carbonyl (C=O) groups is 1. The third kappa shape index (κ3) is 1.61. The molecule has 0 N–H and O–H groups in total. The molecule has 2 aromatic heterocycles. The number of esters is 1. The van der Waals surface area contributed by atoms with Gasteiger partial charge in [-0.1, -0.05) is 5.16 Å². The van der Waals surface area contributed by atoms with Crippen LogP contribution in [0.2, 0.25) is 0 Å². The van der Waals surface area contributed by atoms with E-state index in [0.717, 1.165) is 5.69 Å². The van der Waals surface area contributed by atoms with Gasteiger partial charge in [-0.15, -0.1) is 0 Å². The van der Waals surface area contributed by atoms with E-state index in [1.807, 2.05) is 0 Å². The lowest BCUT2D eigenvalue weighted by Crippen LogP contribution is -2.00. The first kappa shape index (κ1) is 9.45. The van der Waals surface area contributed by atoms with Crippen molar-refractivity contribution in [3.8, 4) is 11.5 Å². The Hall–Kier alpha value is -2.11. The minimum atomic E-state index is -0.521. The highest BCUT2D eigenvalue weighted by molar-refractivity contribution is 5.87. The van der Waals surface area contributed by atoms with Crippen LogP contribution in [-0.2, 0) is 11.8 Å². The standard InChI is InChI=1S/C9H9N3O3/c1-12-7(3-4-10-12)8-5-6(11-15-8)9(13)14-2/h3-5H,1-2H3. The zero-order valence-electron chi connectivity index (χ0n) is 8.30. The van der Waals surface area contributed by atoms with E-state index in [4.69, 9.17) is 4.52 Å². The van der Waals surface area contributed by atoms with Gasteiger partial charge in [0.1, 0.15) is 5.69 Å². The molecule has 0 aromatic carbocycles. The molecule has 0 spiro atoms. The average Bonchev–Trinajstić information content (AvgIpc) is 2.84. The third-order valence-electron chi connectivity index (χ3n) is 1.98. The monoisotopic (exact) mass is 207 g/mol. The van der Waals surface area contributed by atoms with Gasteiger partial charge in [0, 0.05) is 19.3 Å². The topological polar surface area (TPSA) is 70.2 Å². The van der Waals surface area contributed by atoms with Crippen molar-refractivity contribution in [2.75, 3.05) is 7.11 Å². The summed E-state index contributed by atoms with van der Waals surface area (Å²) in [5, 5.41) is 7.57. The van der Waals surface area contributed by atoms with Crippen molar-refractivity contribution in [3.05, 3.63) is 24.0 Å². The largest absolute Gasteiger partial charge is 0.464 e. The van der Waals surface area contributed by atoms with Crippen molar-refractivity contribution < 1.29 is 14.1 Å². The molecule has 6 heteroatoms. The first-order valence-corrected chi connectivity index (χ1v) is 4.26. The van der Waals surface area contributed by atoms with Crippen LogP contribution in [0.1, 0.15) is 10.5 Å². The smallest absolute Gasteiger partial charge is 0.360 e. The van der Waals surface area contributed by atoms with E-state index in [2.05, 4.69) is 15.0 Å². The fourth-order valence-corrected chi connectivity index (χ4v) is 1.21. The Morgan fingerprint density at radius 2 is 2.40 bits per heavy atom. The van der Waals surface area contributed by atoms with Crippen LogP contribution < -0.4 is 0 Å². The normalized spacial score (nSPS) is 10.3. The van der Waals surface area contributed by atoms with Crippen LogP contribution in [-0.4, -0.2) is 28.0 Å². The molecule has 6 nitrogen and oxygen atoms in total. The highest BCUT2D eigenvalue weighted by atomic mass is 16.5. The average molecular weight is 207 g/mol. The van der Waals surface area contributed by atoms with Gasteiger partial charge in [-0.05, 0) is 6.07 Å². The Kier molecular flexibility index (Phi) is 2.24. The van der Waals surface area contributed by atoms with Gasteiger partial charge in [-0.25, -0.2) is 4.79 Å². The molecule has 0 saturated heterocycles. The molecular weight excluding hydrogens is 198 g/mol. The van der Waals surface area contributed by atoms with E-state index in [9.17, 15) is 4.79 Å². The molecule has 2 heterocycles. The van der Waals surface area contributed by atoms with Gasteiger partial charge in [0.15, 0.2) is 11.5 Å². The van der Waals surface area contributed by atoms with Crippen molar-refractivity contribution in [1.29, 1.82) is 0 Å². The van der Waals surface area contributed by atoms with Gasteiger partial charge in [-0.3, -0.25) is 4.68 Å². The number of methoxy groups -OCH3 is 1. The highest BCUT2D eigenvalue weighted by Crippen LogP contribution is 2.19. The summed E-state index contributed by atoms with van der Waals surface area (Å²) in [6, 6.07) is 3.28. The third-order valence-corrected chi connectivity index (χ3v) is 1.98. The Morgan fingerprint density at radius 1 is 1.60 bits per heavy atom. The first-order valence-electron chi connectivity index (χ1n) is 4.26. The fraction of sp³-hybridized carbons (Fsp3) is 0.222. The molecule has 0 bridgehead atoms. The number of aromatic nitrogens is 3. The maximum atomic E-state index is 11.1. The Labute approximate surface area is 85.4 Å². The molecule has 0 saturated carbocycles. The summed E-state index contributed by atoms with van der Waals surface area (Å²) in [6.07, 6.45) is 1.63. The van der Waals surface area contributed by atoms with Crippen LogP contribution in [0.5, 0.6) is 0 Å². The van der Waals surface area contributed by atoms with Gasteiger partial charge < -0.3 is 9.26 Å². The molecule has 0 atom stereocenters. The maximum absolute atomic E-state index is 11.1. The quantitative estimate of drug-likeness (QED) is 0.683. The van der Waals surface area contributed by atoms with E-state index in [1.165, 1.54) is 13.2 Å². The Bertz CT molecular complexity index is 486. The van der Waals surface area contributed by atoms with E-state index >= 15 is 0 Å². The van der Waals surface area contributed by atoms with Crippen LogP contribution in [0.25, 0.3) is 11.5 Å². The first-order chi connectivity index (χ1) is 7.22. The lowest BCUT2D eigenvalue weighted by molar-refractivity contribution is 0.0589. The van der Waals surface area contributed by atoms with Crippen LogP contribution in [0.4, 0.5) is 0 Å². The molecule has 2 aromatic rings. The van der Waals surface area contributed by atoms with Crippen molar-refractivity contribution in [3.63, 3.8) is 0 Å². The molecular formula is C9H9N3O3. The van der Waals surface area contributed by atoms with Crippen molar-refractivity contribution in [2.24, 2.45) is 7.05 Å². The van der Waals surface area contributed by atoms with E-state index < -0.39 is 5.97 Å². The molecule has 2 rings (SSSR count). The van der Waals surface area contributed by atoms with Crippen molar-refractivity contribution >= 4 is 5.97 Å². The molecule has 0 aliphatic heterocycles. The number of aryl methyl sites for hydroxylation is 1. The second-order valence-electron chi connectivity index (χ2n) is 2.91. The van der Waals surface area contributed by atoms with Crippen molar-refractivity contribution in [1.82, 2.24) is 14.9 Å². The summed E-state index contributed by atoms with van der Waals surface area (Å²) in [5.74, 6) is -0.0393. The summed E-state index contributed by atoms with van der Waals surface area (Å²) in [7, 11) is 3.07. The molecule has 0 amide bonds. The van der Waals surface area contributed by atoms with Gasteiger partial charge in [0.05, 0.1) is 7.11 Å². The molecule has 0 aliphatic carbocycles. The number of rotatable bonds is 2.